The molecule has 0 bridgehead atoms. The Morgan fingerprint density at radius 2 is 2.29 bits per heavy atom. The van der Waals surface area contributed by atoms with Crippen LogP contribution in [0.15, 0.2) is 0 Å². The molecular weight excluding hydrogens is 108 g/mol. The first-order valence-corrected chi connectivity index (χ1v) is 4.16. The predicted molar refractivity (Wildman–Crippen MR) is 31.7 cm³/mol. The Kier molecular flexibility index (Phi) is 1.60. The van der Waals surface area contributed by atoms with Crippen molar-refractivity contribution in [2.75, 3.05) is 11.5 Å². The van der Waals surface area contributed by atoms with E-state index in [0.717, 1.165) is 17.4 Å². The van der Waals surface area contributed by atoms with E-state index in [4.69, 9.17) is 0 Å². The van der Waals surface area contributed by atoms with Gasteiger partial charge in [0.25, 0.3) is 0 Å². The Morgan fingerprint density at radius 1 is 1.71 bits per heavy atom. The number of hydrogen-bond donors (Lipinski definition) is 0. The van der Waals surface area contributed by atoms with E-state index in [1.54, 1.807) is 0 Å². The van der Waals surface area contributed by atoms with Crippen molar-refractivity contribution in [1.29, 1.82) is 0 Å². The van der Waals surface area contributed by atoms with Crippen LogP contribution in [0.5, 0.6) is 0 Å². The highest BCUT2D eigenvalue weighted by Gasteiger charge is 2.29. The molecule has 42 valence electrons. The van der Waals surface area contributed by atoms with Crippen molar-refractivity contribution in [1.82, 2.24) is 0 Å². The van der Waals surface area contributed by atoms with Crippen molar-refractivity contribution in [2.45, 2.75) is 13.3 Å². The van der Waals surface area contributed by atoms with Crippen LogP contribution in [0.1, 0.15) is 13.3 Å². The molecule has 0 aromatic carbocycles. The molecule has 1 fully saturated rings. The predicted octanol–water partition coefficient (Wildman–Crippen LogP) is 0.775. The first kappa shape index (κ1) is 5.45. The highest BCUT2D eigenvalue weighted by molar-refractivity contribution is 7.92. The molecule has 1 saturated heterocycles. The van der Waals surface area contributed by atoms with Crippen molar-refractivity contribution in [3.05, 3.63) is 0 Å². The van der Waals surface area contributed by atoms with Gasteiger partial charge in [-0.2, -0.15) is 0 Å². The van der Waals surface area contributed by atoms with Crippen LogP contribution in [-0.4, -0.2) is 16.1 Å². The average molecular weight is 118 g/mol. The molecule has 1 nitrogen and oxygen atoms in total. The van der Waals surface area contributed by atoms with Gasteiger partial charge in [0, 0.05) is 5.92 Å². The summed E-state index contributed by atoms with van der Waals surface area (Å²) in [6.07, 6.45) is 1.21. The van der Waals surface area contributed by atoms with Crippen LogP contribution < -0.4 is 0 Å². The van der Waals surface area contributed by atoms with Gasteiger partial charge in [-0.3, -0.25) is 0 Å². The van der Waals surface area contributed by atoms with Gasteiger partial charge in [0.2, 0.25) is 0 Å². The van der Waals surface area contributed by atoms with E-state index >= 15 is 0 Å². The van der Waals surface area contributed by atoms with Crippen LogP contribution >= 0.6 is 0 Å². The number of hydrogen-bond acceptors (Lipinski definition) is 1. The molecular formula is C5H10OS. The molecule has 1 aliphatic rings. The zero-order chi connectivity index (χ0) is 5.28. The van der Waals surface area contributed by atoms with Gasteiger partial charge in [-0.1, -0.05) is 18.1 Å². The van der Waals surface area contributed by atoms with E-state index in [2.05, 4.69) is 6.92 Å². The lowest BCUT2D eigenvalue weighted by Crippen LogP contribution is -2.35. The monoisotopic (exact) mass is 118 g/mol. The van der Waals surface area contributed by atoms with Crippen molar-refractivity contribution >= 4 is 11.2 Å². The molecule has 1 heterocycles. The molecule has 0 radical (unpaired) electrons. The summed E-state index contributed by atoms with van der Waals surface area (Å²) in [4.78, 5) is 0. The second kappa shape index (κ2) is 2.05. The highest BCUT2D eigenvalue weighted by atomic mass is 32.2. The Balaban J connectivity index is 2.06. The van der Waals surface area contributed by atoms with E-state index in [9.17, 15) is 4.55 Å². The zero-order valence-electron chi connectivity index (χ0n) is 4.52. The van der Waals surface area contributed by atoms with E-state index in [-0.39, 0.29) is 0 Å². The van der Waals surface area contributed by atoms with Crippen LogP contribution in [-0.2, 0) is 11.2 Å². The van der Waals surface area contributed by atoms with Crippen LogP contribution in [0.25, 0.3) is 0 Å². The first-order valence-electron chi connectivity index (χ1n) is 2.68. The first-order chi connectivity index (χ1) is 3.33. The summed E-state index contributed by atoms with van der Waals surface area (Å²) in [5.41, 5.74) is 0. The van der Waals surface area contributed by atoms with Gasteiger partial charge < -0.3 is 4.55 Å². The van der Waals surface area contributed by atoms with Crippen molar-refractivity contribution in [3.8, 4) is 0 Å². The smallest absolute Gasteiger partial charge is 0.112 e. The summed E-state index contributed by atoms with van der Waals surface area (Å²) in [6.45, 7) is 2.15. The molecule has 1 aliphatic heterocycles. The molecule has 0 aromatic heterocycles. The summed E-state index contributed by atoms with van der Waals surface area (Å²) >= 11 is -0.422. The molecule has 0 N–H and O–H groups in total. The Hall–Kier alpha value is 0.310. The highest BCUT2D eigenvalue weighted by Crippen LogP contribution is 2.20. The fourth-order valence-electron chi connectivity index (χ4n) is 0.713. The molecule has 0 atom stereocenters. The fourth-order valence-corrected chi connectivity index (χ4v) is 2.14. The van der Waals surface area contributed by atoms with Gasteiger partial charge in [-0.05, 0) is 6.42 Å². The van der Waals surface area contributed by atoms with Gasteiger partial charge in [0.1, 0.15) is 11.5 Å². The third-order valence-electron chi connectivity index (χ3n) is 1.42. The topological polar surface area (TPSA) is 23.1 Å². The minimum absolute atomic E-state index is 0.422. The van der Waals surface area contributed by atoms with Gasteiger partial charge in [-0.15, -0.1) is 0 Å². The Labute approximate surface area is 47.3 Å². The van der Waals surface area contributed by atoms with Gasteiger partial charge in [0.05, 0.1) is 0 Å². The van der Waals surface area contributed by atoms with Crippen LogP contribution in [0.3, 0.4) is 0 Å². The molecule has 0 saturated carbocycles. The normalized spacial score (nSPS) is 40.3. The summed E-state index contributed by atoms with van der Waals surface area (Å²) in [7, 11) is 0. The lowest BCUT2D eigenvalue weighted by Gasteiger charge is -2.27. The van der Waals surface area contributed by atoms with Crippen LogP contribution in [0, 0.1) is 5.92 Å². The van der Waals surface area contributed by atoms with Gasteiger partial charge >= 0.3 is 0 Å². The van der Waals surface area contributed by atoms with Gasteiger partial charge in [-0.25, -0.2) is 0 Å². The van der Waals surface area contributed by atoms with Crippen molar-refractivity contribution < 1.29 is 4.55 Å². The molecule has 0 spiro atoms. The fraction of sp³-hybridized carbons (Fsp3) is 1.00. The van der Waals surface area contributed by atoms with E-state index in [1.165, 1.54) is 6.42 Å². The maximum absolute atomic E-state index is 10.4. The molecule has 2 heteroatoms. The lowest BCUT2D eigenvalue weighted by atomic mass is 10.1. The molecule has 0 amide bonds. The molecule has 1 rings (SSSR count). The van der Waals surface area contributed by atoms with Crippen molar-refractivity contribution in [2.24, 2.45) is 5.92 Å². The quantitative estimate of drug-likeness (QED) is 0.466. The molecule has 0 aliphatic carbocycles. The number of rotatable bonds is 1. The maximum Gasteiger partial charge on any atom is 0.112 e. The maximum atomic E-state index is 10.4. The largest absolute Gasteiger partial charge is 0.616 e. The molecule has 0 unspecified atom stereocenters. The lowest BCUT2D eigenvalue weighted by molar-refractivity contribution is 0.512. The third-order valence-corrected chi connectivity index (χ3v) is 3.11. The summed E-state index contributed by atoms with van der Waals surface area (Å²) in [6, 6.07) is 0. The summed E-state index contributed by atoms with van der Waals surface area (Å²) < 4.78 is 10.4. The van der Waals surface area contributed by atoms with Crippen LogP contribution in [0.4, 0.5) is 0 Å². The minimum atomic E-state index is -0.422. The van der Waals surface area contributed by atoms with E-state index < -0.39 is 11.2 Å². The van der Waals surface area contributed by atoms with E-state index in [1.807, 2.05) is 0 Å². The molecule has 0 aromatic rings. The third kappa shape index (κ3) is 1.10. The Bertz CT molecular complexity index is 59.1. The second-order valence-electron chi connectivity index (χ2n) is 2.05. The van der Waals surface area contributed by atoms with Gasteiger partial charge in [0.15, 0.2) is 0 Å². The summed E-state index contributed by atoms with van der Waals surface area (Å²) in [5, 5.41) is 0. The summed E-state index contributed by atoms with van der Waals surface area (Å²) in [5.74, 6) is 2.73. The SMILES string of the molecule is CCC1C[S+]([O-])C1. The Morgan fingerprint density at radius 3 is 2.43 bits per heavy atom. The standard InChI is InChI=1S/C5H10OS/c1-2-5-3-7(6)4-5/h5H,2-4H2,1H3. The zero-order valence-corrected chi connectivity index (χ0v) is 5.33. The minimum Gasteiger partial charge on any atom is -0.616 e. The molecule has 7 heavy (non-hydrogen) atoms. The second-order valence-corrected chi connectivity index (χ2v) is 3.59. The van der Waals surface area contributed by atoms with E-state index in [0.29, 0.717) is 0 Å². The van der Waals surface area contributed by atoms with Crippen LogP contribution in [0.2, 0.25) is 0 Å². The van der Waals surface area contributed by atoms with Crippen molar-refractivity contribution in [3.63, 3.8) is 0 Å². The average Bonchev–Trinajstić information content (AvgIpc) is 1.58.